The zero-order chi connectivity index (χ0) is 15.5. The largest absolute Gasteiger partial charge is 0.508 e. The number of carbonyl (C=O) groups is 1. The first-order chi connectivity index (χ1) is 10.6. The number of hydrogen-bond acceptors (Lipinski definition) is 4. The van der Waals surface area contributed by atoms with Crippen LogP contribution in [-0.2, 0) is 9.57 Å². The number of rotatable bonds is 2. The van der Waals surface area contributed by atoms with E-state index >= 15 is 0 Å². The smallest absolute Gasteiger partial charge is 0.277 e. The summed E-state index contributed by atoms with van der Waals surface area (Å²) in [7, 11) is 0. The second-order valence-electron chi connectivity index (χ2n) is 5.21. The molecule has 5 nitrogen and oxygen atoms in total. The van der Waals surface area contributed by atoms with E-state index in [9.17, 15) is 9.90 Å². The molecule has 1 fully saturated rings. The zero-order valence-electron chi connectivity index (χ0n) is 12.2. The summed E-state index contributed by atoms with van der Waals surface area (Å²) in [6, 6.07) is 15.6. The van der Waals surface area contributed by atoms with Crippen molar-refractivity contribution in [3.63, 3.8) is 0 Å². The van der Waals surface area contributed by atoms with E-state index in [2.05, 4.69) is 0 Å². The van der Waals surface area contributed by atoms with Gasteiger partial charge in [0.25, 0.3) is 5.91 Å². The summed E-state index contributed by atoms with van der Waals surface area (Å²) < 4.78 is 5.72. The van der Waals surface area contributed by atoms with E-state index in [0.29, 0.717) is 17.7 Å². The molecule has 2 aromatic carbocycles. The summed E-state index contributed by atoms with van der Waals surface area (Å²) in [4.78, 5) is 18.1. The maximum atomic E-state index is 12.5. The van der Waals surface area contributed by atoms with Crippen LogP contribution in [0, 0.1) is 0 Å². The molecule has 1 heterocycles. The van der Waals surface area contributed by atoms with Crippen LogP contribution in [0.15, 0.2) is 54.6 Å². The van der Waals surface area contributed by atoms with Gasteiger partial charge in [0, 0.05) is 11.1 Å². The minimum absolute atomic E-state index is 0.129. The third-order valence-corrected chi connectivity index (χ3v) is 3.39. The summed E-state index contributed by atoms with van der Waals surface area (Å²) in [6.45, 7) is 2.23. The average molecular weight is 299 g/mol. The summed E-state index contributed by atoms with van der Waals surface area (Å²) in [6.07, 6.45) is -0.891. The Balaban J connectivity index is 1.80. The molecule has 114 valence electrons. The molecule has 3 rings (SSSR count). The van der Waals surface area contributed by atoms with Crippen LogP contribution in [0.1, 0.15) is 29.1 Å². The van der Waals surface area contributed by atoms with Gasteiger partial charge in [-0.2, -0.15) is 0 Å². The van der Waals surface area contributed by atoms with Crippen molar-refractivity contribution >= 4 is 5.91 Å². The van der Waals surface area contributed by atoms with E-state index in [1.54, 1.807) is 36.4 Å². The lowest BCUT2D eigenvalue weighted by Gasteiger charge is -2.36. The van der Waals surface area contributed by atoms with Gasteiger partial charge in [0.15, 0.2) is 0 Å². The van der Waals surface area contributed by atoms with Crippen molar-refractivity contribution in [2.45, 2.75) is 19.3 Å². The molecule has 22 heavy (non-hydrogen) atoms. The molecule has 1 N–H and O–H groups in total. The molecule has 0 unspecified atom stereocenters. The maximum absolute atomic E-state index is 12.5. The number of aromatic hydroxyl groups is 1. The van der Waals surface area contributed by atoms with Gasteiger partial charge in [0.1, 0.15) is 5.75 Å². The number of benzene rings is 2. The first-order valence-corrected chi connectivity index (χ1v) is 7.11. The molecule has 2 atom stereocenters. The Morgan fingerprint density at radius 2 is 1.95 bits per heavy atom. The van der Waals surface area contributed by atoms with E-state index < -0.39 is 6.29 Å². The Bertz CT molecular complexity index is 659. The predicted octanol–water partition coefficient (Wildman–Crippen LogP) is 2.88. The van der Waals surface area contributed by atoms with E-state index in [1.165, 1.54) is 5.06 Å². The van der Waals surface area contributed by atoms with E-state index in [4.69, 9.17) is 9.57 Å². The number of hydroxylamine groups is 2. The first kappa shape index (κ1) is 14.6. The van der Waals surface area contributed by atoms with Gasteiger partial charge in [-0.1, -0.05) is 30.3 Å². The highest BCUT2D eigenvalue weighted by atomic mass is 16.8. The fourth-order valence-electron chi connectivity index (χ4n) is 2.34. The van der Waals surface area contributed by atoms with Gasteiger partial charge in [-0.3, -0.25) is 4.79 Å². The third kappa shape index (κ3) is 3.10. The first-order valence-electron chi connectivity index (χ1n) is 7.11. The van der Waals surface area contributed by atoms with Crippen LogP contribution in [-0.4, -0.2) is 28.7 Å². The van der Waals surface area contributed by atoms with Gasteiger partial charge in [0.05, 0.1) is 12.6 Å². The van der Waals surface area contributed by atoms with Gasteiger partial charge in [-0.25, -0.2) is 9.90 Å². The zero-order valence-corrected chi connectivity index (χ0v) is 12.2. The highest BCUT2D eigenvalue weighted by Crippen LogP contribution is 2.29. The van der Waals surface area contributed by atoms with Crippen molar-refractivity contribution in [1.82, 2.24) is 5.06 Å². The van der Waals surface area contributed by atoms with E-state index in [0.717, 1.165) is 0 Å². The second kappa shape index (κ2) is 6.17. The number of phenolic OH excluding ortho intramolecular Hbond substituents is 1. The standard InChI is InChI=1S/C17H17NO4/c1-12-11-18(16(20)13-6-3-2-4-7-13)22-17(21-12)14-8-5-9-15(19)10-14/h2-10,12,17,19H,11H2,1H3/t12-,17+/m1/s1. The van der Waals surface area contributed by atoms with Gasteiger partial charge < -0.3 is 9.84 Å². The van der Waals surface area contributed by atoms with Crippen LogP contribution >= 0.6 is 0 Å². The lowest BCUT2D eigenvalue weighted by atomic mass is 10.2. The van der Waals surface area contributed by atoms with Crippen molar-refractivity contribution in [3.05, 3.63) is 65.7 Å². The highest BCUT2D eigenvalue weighted by molar-refractivity contribution is 5.93. The molecule has 0 saturated carbocycles. The van der Waals surface area contributed by atoms with Gasteiger partial charge in [-0.05, 0) is 31.2 Å². The summed E-state index contributed by atoms with van der Waals surface area (Å²) in [5.74, 6) is -0.0789. The summed E-state index contributed by atoms with van der Waals surface area (Å²) >= 11 is 0. The number of carbonyl (C=O) groups excluding carboxylic acids is 1. The normalized spacial score (nSPS) is 21.6. The Kier molecular flexibility index (Phi) is 4.09. The van der Waals surface area contributed by atoms with Crippen molar-refractivity contribution in [1.29, 1.82) is 0 Å². The number of phenols is 1. The molecule has 1 aliphatic rings. The van der Waals surface area contributed by atoms with Crippen molar-refractivity contribution in [2.75, 3.05) is 6.54 Å². The summed E-state index contributed by atoms with van der Waals surface area (Å²) in [5, 5.41) is 10.9. The SMILES string of the molecule is C[C@@H]1CN(C(=O)c2ccccc2)O[C@@H](c2cccc(O)c2)O1. The van der Waals surface area contributed by atoms with Crippen molar-refractivity contribution in [2.24, 2.45) is 0 Å². The topological polar surface area (TPSA) is 59.0 Å². The monoisotopic (exact) mass is 299 g/mol. The number of nitrogens with zero attached hydrogens (tertiary/aromatic N) is 1. The van der Waals surface area contributed by atoms with Crippen LogP contribution < -0.4 is 0 Å². The minimum atomic E-state index is -0.719. The quantitative estimate of drug-likeness (QED) is 0.926. The lowest BCUT2D eigenvalue weighted by Crippen LogP contribution is -2.44. The molecular formula is C17H17NO4. The Labute approximate surface area is 128 Å². The molecule has 5 heteroatoms. The third-order valence-electron chi connectivity index (χ3n) is 3.39. The van der Waals surface area contributed by atoms with Crippen LogP contribution in [0.5, 0.6) is 5.75 Å². The van der Waals surface area contributed by atoms with Crippen LogP contribution in [0.25, 0.3) is 0 Å². The lowest BCUT2D eigenvalue weighted by molar-refractivity contribution is -0.320. The minimum Gasteiger partial charge on any atom is -0.508 e. The van der Waals surface area contributed by atoms with Crippen molar-refractivity contribution < 1.29 is 19.5 Å². The van der Waals surface area contributed by atoms with E-state index in [-0.39, 0.29) is 17.8 Å². The molecule has 0 radical (unpaired) electrons. The maximum Gasteiger partial charge on any atom is 0.277 e. The average Bonchev–Trinajstić information content (AvgIpc) is 2.54. The van der Waals surface area contributed by atoms with E-state index in [1.807, 2.05) is 25.1 Å². The van der Waals surface area contributed by atoms with Gasteiger partial charge in [-0.15, -0.1) is 0 Å². The molecule has 1 amide bonds. The molecular weight excluding hydrogens is 282 g/mol. The Morgan fingerprint density at radius 3 is 2.68 bits per heavy atom. The Hall–Kier alpha value is -2.37. The second-order valence-corrected chi connectivity index (χ2v) is 5.21. The highest BCUT2D eigenvalue weighted by Gasteiger charge is 2.31. The van der Waals surface area contributed by atoms with Crippen LogP contribution in [0.3, 0.4) is 0 Å². The fraction of sp³-hybridized carbons (Fsp3) is 0.235. The van der Waals surface area contributed by atoms with Crippen LogP contribution in [0.2, 0.25) is 0 Å². The fourth-order valence-corrected chi connectivity index (χ4v) is 2.34. The molecule has 0 bridgehead atoms. The number of hydrogen-bond donors (Lipinski definition) is 1. The molecule has 0 aromatic heterocycles. The predicted molar refractivity (Wildman–Crippen MR) is 80.0 cm³/mol. The molecule has 0 spiro atoms. The van der Waals surface area contributed by atoms with Gasteiger partial charge >= 0.3 is 0 Å². The van der Waals surface area contributed by atoms with Crippen molar-refractivity contribution in [3.8, 4) is 5.75 Å². The number of ether oxygens (including phenoxy) is 1. The Morgan fingerprint density at radius 1 is 1.18 bits per heavy atom. The summed E-state index contributed by atoms with van der Waals surface area (Å²) in [5.41, 5.74) is 1.23. The van der Waals surface area contributed by atoms with Gasteiger partial charge in [0.2, 0.25) is 6.29 Å². The molecule has 0 aliphatic carbocycles. The molecule has 1 saturated heterocycles. The number of amides is 1. The molecule has 1 aliphatic heterocycles. The molecule has 2 aromatic rings. The van der Waals surface area contributed by atoms with Crippen LogP contribution in [0.4, 0.5) is 0 Å².